The molecule has 2 heterocycles. The summed E-state index contributed by atoms with van der Waals surface area (Å²) in [6, 6.07) is 6.37. The lowest BCUT2D eigenvalue weighted by Crippen LogP contribution is -2.45. The molecule has 2 rings (SSSR count). The average Bonchev–Trinajstić information content (AvgIpc) is 2.90. The maximum Gasteiger partial charge on any atom is 0.0414 e. The first kappa shape index (κ1) is 14.0. The number of nitrogens with one attached hydrogen (secondary N) is 1. The summed E-state index contributed by atoms with van der Waals surface area (Å²) in [4.78, 5) is 4.08. The maximum atomic E-state index is 3.85. The Morgan fingerprint density at radius 1 is 1.39 bits per heavy atom. The summed E-state index contributed by atoms with van der Waals surface area (Å²) in [7, 11) is 0. The molecule has 0 amide bonds. The Kier molecular flexibility index (Phi) is 5.22. The van der Waals surface area contributed by atoms with Gasteiger partial charge in [-0.3, -0.25) is 0 Å². The summed E-state index contributed by atoms with van der Waals surface area (Å²) in [6.07, 6.45) is 3.77. The summed E-state index contributed by atoms with van der Waals surface area (Å²) < 4.78 is 0. The molecule has 102 valence electrons. The van der Waals surface area contributed by atoms with Gasteiger partial charge in [0, 0.05) is 23.0 Å². The van der Waals surface area contributed by atoms with Crippen LogP contribution in [-0.4, -0.2) is 30.1 Å². The summed E-state index contributed by atoms with van der Waals surface area (Å²) in [5.74, 6) is 0. The normalized spacial score (nSPS) is 20.4. The predicted molar refractivity (Wildman–Crippen MR) is 80.2 cm³/mol. The molecule has 0 spiro atoms. The molecule has 1 aromatic heterocycles. The number of hydrogen-bond donors (Lipinski definition) is 1. The van der Waals surface area contributed by atoms with Crippen molar-refractivity contribution in [3.63, 3.8) is 0 Å². The van der Waals surface area contributed by atoms with E-state index in [4.69, 9.17) is 0 Å². The van der Waals surface area contributed by atoms with Crippen LogP contribution in [0.2, 0.25) is 0 Å². The van der Waals surface area contributed by atoms with E-state index in [2.05, 4.69) is 48.5 Å². The van der Waals surface area contributed by atoms with Crippen LogP contribution in [-0.2, 0) is 0 Å². The Morgan fingerprint density at radius 3 is 2.61 bits per heavy atom. The Balaban J connectivity index is 1.83. The highest BCUT2D eigenvalue weighted by Gasteiger charge is 2.23. The van der Waals surface area contributed by atoms with E-state index in [0.717, 1.165) is 0 Å². The third kappa shape index (κ3) is 3.56. The molecule has 1 saturated heterocycles. The molecular weight excluding hydrogens is 240 g/mol. The highest BCUT2D eigenvalue weighted by atomic mass is 32.1. The smallest absolute Gasteiger partial charge is 0.0414 e. The van der Waals surface area contributed by atoms with E-state index in [9.17, 15) is 0 Å². The molecular formula is C15H26N2S. The summed E-state index contributed by atoms with van der Waals surface area (Å²) in [5, 5.41) is 6.03. The van der Waals surface area contributed by atoms with Gasteiger partial charge in [0.05, 0.1) is 0 Å². The summed E-state index contributed by atoms with van der Waals surface area (Å²) in [5.41, 5.74) is 0. The molecule has 0 saturated carbocycles. The van der Waals surface area contributed by atoms with E-state index in [1.807, 2.05) is 11.3 Å². The maximum absolute atomic E-state index is 3.85. The highest BCUT2D eigenvalue weighted by Crippen LogP contribution is 2.24. The largest absolute Gasteiger partial charge is 0.306 e. The van der Waals surface area contributed by atoms with Crippen molar-refractivity contribution in [1.29, 1.82) is 0 Å². The standard InChI is InChI=1S/C15H26N2S/c1-4-14(15-6-5-11-18-15)16-13-7-9-17(10-8-13)12(2)3/h5-6,11-14,16H,4,7-10H2,1-3H3. The molecule has 2 nitrogen and oxygen atoms in total. The molecule has 0 aliphatic carbocycles. The van der Waals surface area contributed by atoms with Crippen LogP contribution < -0.4 is 5.32 Å². The zero-order valence-corrected chi connectivity index (χ0v) is 12.7. The van der Waals surface area contributed by atoms with E-state index in [1.54, 1.807) is 0 Å². The van der Waals surface area contributed by atoms with Gasteiger partial charge < -0.3 is 10.2 Å². The Labute approximate surface area is 115 Å². The first-order valence-corrected chi connectivity index (χ1v) is 8.12. The van der Waals surface area contributed by atoms with Gasteiger partial charge in [0.25, 0.3) is 0 Å². The van der Waals surface area contributed by atoms with Crippen LogP contribution in [0.4, 0.5) is 0 Å². The minimum absolute atomic E-state index is 0.556. The van der Waals surface area contributed by atoms with E-state index in [1.165, 1.54) is 37.2 Å². The second-order valence-corrected chi connectivity index (χ2v) is 6.53. The van der Waals surface area contributed by atoms with Gasteiger partial charge in [-0.2, -0.15) is 0 Å². The topological polar surface area (TPSA) is 15.3 Å². The van der Waals surface area contributed by atoms with Crippen LogP contribution in [0.1, 0.15) is 51.0 Å². The number of nitrogens with zero attached hydrogens (tertiary/aromatic N) is 1. The van der Waals surface area contributed by atoms with Crippen LogP contribution >= 0.6 is 11.3 Å². The minimum atomic E-state index is 0.556. The average molecular weight is 266 g/mol. The summed E-state index contributed by atoms with van der Waals surface area (Å²) in [6.45, 7) is 9.37. The van der Waals surface area contributed by atoms with Crippen molar-refractivity contribution in [2.75, 3.05) is 13.1 Å². The van der Waals surface area contributed by atoms with Crippen molar-refractivity contribution in [1.82, 2.24) is 10.2 Å². The van der Waals surface area contributed by atoms with Gasteiger partial charge in [0.15, 0.2) is 0 Å². The molecule has 18 heavy (non-hydrogen) atoms. The second kappa shape index (κ2) is 6.69. The fourth-order valence-corrected chi connectivity index (χ4v) is 3.63. The Hall–Kier alpha value is -0.380. The Morgan fingerprint density at radius 2 is 2.11 bits per heavy atom. The highest BCUT2D eigenvalue weighted by molar-refractivity contribution is 7.10. The van der Waals surface area contributed by atoms with Crippen LogP contribution in [0.3, 0.4) is 0 Å². The van der Waals surface area contributed by atoms with E-state index in [0.29, 0.717) is 18.1 Å². The van der Waals surface area contributed by atoms with Gasteiger partial charge >= 0.3 is 0 Å². The molecule has 1 N–H and O–H groups in total. The third-order valence-corrected chi connectivity index (χ3v) is 4.98. The molecule has 1 atom stereocenters. The lowest BCUT2D eigenvalue weighted by atomic mass is 10.0. The quantitative estimate of drug-likeness (QED) is 0.875. The molecule has 1 aromatic rings. The SMILES string of the molecule is CCC(NC1CCN(C(C)C)CC1)c1cccs1. The lowest BCUT2D eigenvalue weighted by Gasteiger charge is -2.36. The molecule has 1 unspecified atom stereocenters. The summed E-state index contributed by atoms with van der Waals surface area (Å²) >= 11 is 1.88. The van der Waals surface area contributed by atoms with Crippen molar-refractivity contribution in [2.24, 2.45) is 0 Å². The number of likely N-dealkylation sites (tertiary alicyclic amines) is 1. The molecule has 1 aliphatic rings. The molecule has 0 radical (unpaired) electrons. The zero-order valence-electron chi connectivity index (χ0n) is 11.9. The zero-order chi connectivity index (χ0) is 13.0. The van der Waals surface area contributed by atoms with Crippen molar-refractivity contribution in [2.45, 2.75) is 58.2 Å². The van der Waals surface area contributed by atoms with Gasteiger partial charge in [-0.15, -0.1) is 11.3 Å². The molecule has 3 heteroatoms. The number of piperidine rings is 1. The fraction of sp³-hybridized carbons (Fsp3) is 0.733. The van der Waals surface area contributed by atoms with Crippen LogP contribution in [0.15, 0.2) is 17.5 Å². The van der Waals surface area contributed by atoms with E-state index in [-0.39, 0.29) is 0 Å². The van der Waals surface area contributed by atoms with Gasteiger partial charge in [0.1, 0.15) is 0 Å². The molecule has 1 aliphatic heterocycles. The first-order chi connectivity index (χ1) is 8.70. The molecule has 0 bridgehead atoms. The van der Waals surface area contributed by atoms with Crippen LogP contribution in [0.25, 0.3) is 0 Å². The third-order valence-electron chi connectivity index (χ3n) is 3.99. The number of rotatable bonds is 5. The molecule has 1 fully saturated rings. The monoisotopic (exact) mass is 266 g/mol. The fourth-order valence-electron chi connectivity index (χ4n) is 2.76. The Bertz CT molecular complexity index is 326. The number of thiophene rings is 1. The van der Waals surface area contributed by atoms with Crippen molar-refractivity contribution < 1.29 is 0 Å². The van der Waals surface area contributed by atoms with Crippen molar-refractivity contribution in [3.05, 3.63) is 22.4 Å². The number of hydrogen-bond acceptors (Lipinski definition) is 3. The van der Waals surface area contributed by atoms with Crippen molar-refractivity contribution >= 4 is 11.3 Å². The van der Waals surface area contributed by atoms with E-state index < -0.39 is 0 Å². The van der Waals surface area contributed by atoms with Gasteiger partial charge in [-0.25, -0.2) is 0 Å². The van der Waals surface area contributed by atoms with Crippen molar-refractivity contribution in [3.8, 4) is 0 Å². The second-order valence-electron chi connectivity index (χ2n) is 5.55. The van der Waals surface area contributed by atoms with Gasteiger partial charge in [-0.05, 0) is 57.6 Å². The van der Waals surface area contributed by atoms with Crippen LogP contribution in [0.5, 0.6) is 0 Å². The molecule has 0 aromatic carbocycles. The minimum Gasteiger partial charge on any atom is -0.306 e. The van der Waals surface area contributed by atoms with E-state index >= 15 is 0 Å². The predicted octanol–water partition coefficient (Wildman–Crippen LogP) is 3.66. The first-order valence-electron chi connectivity index (χ1n) is 7.24. The van der Waals surface area contributed by atoms with Crippen LogP contribution in [0, 0.1) is 0 Å². The van der Waals surface area contributed by atoms with Gasteiger partial charge in [0.2, 0.25) is 0 Å². The lowest BCUT2D eigenvalue weighted by molar-refractivity contribution is 0.156. The van der Waals surface area contributed by atoms with Gasteiger partial charge in [-0.1, -0.05) is 13.0 Å².